The van der Waals surface area contributed by atoms with Crippen LogP contribution < -0.4 is 15.5 Å². The van der Waals surface area contributed by atoms with E-state index in [-0.39, 0.29) is 12.5 Å². The lowest BCUT2D eigenvalue weighted by Crippen LogP contribution is -2.25. The molecular formula is C22H17ClI3N3O2. The number of hydrogen-bond acceptors (Lipinski definition) is 4. The number of hydrogen-bond donors (Lipinski definition) is 2. The van der Waals surface area contributed by atoms with Crippen LogP contribution in [-0.2, 0) is 11.4 Å². The number of rotatable bonds is 8. The van der Waals surface area contributed by atoms with Gasteiger partial charge in [0, 0.05) is 14.3 Å². The van der Waals surface area contributed by atoms with Crippen LogP contribution in [0.3, 0.4) is 0 Å². The average Bonchev–Trinajstić information content (AvgIpc) is 2.74. The lowest BCUT2D eigenvalue weighted by Gasteiger charge is -2.11. The van der Waals surface area contributed by atoms with Crippen molar-refractivity contribution >= 4 is 97.2 Å². The van der Waals surface area contributed by atoms with Crippen LogP contribution in [0, 0.1) is 10.7 Å². The molecular weight excluding hydrogens is 754 g/mol. The number of carbonyl (C=O) groups is 1. The predicted molar refractivity (Wildman–Crippen MR) is 151 cm³/mol. The van der Waals surface area contributed by atoms with Gasteiger partial charge in [-0.05, 0) is 127 Å². The molecule has 0 spiro atoms. The van der Waals surface area contributed by atoms with Gasteiger partial charge in [-0.2, -0.15) is 5.10 Å². The number of nitrogens with zero attached hydrogens (tertiary/aromatic N) is 1. The van der Waals surface area contributed by atoms with Crippen molar-refractivity contribution in [2.45, 2.75) is 6.61 Å². The van der Waals surface area contributed by atoms with E-state index < -0.39 is 0 Å². The van der Waals surface area contributed by atoms with Crippen LogP contribution in [0.25, 0.3) is 0 Å². The van der Waals surface area contributed by atoms with Crippen LogP contribution in [0.2, 0.25) is 5.02 Å². The number of halogens is 4. The van der Waals surface area contributed by atoms with Crippen molar-refractivity contribution in [3.05, 3.63) is 87.5 Å². The maximum Gasteiger partial charge on any atom is 0.259 e. The molecule has 3 rings (SSSR count). The summed E-state index contributed by atoms with van der Waals surface area (Å²) in [4.78, 5) is 12.0. The van der Waals surface area contributed by atoms with Gasteiger partial charge in [0.1, 0.15) is 12.4 Å². The minimum atomic E-state index is -0.220. The van der Waals surface area contributed by atoms with Gasteiger partial charge in [-0.15, -0.1) is 0 Å². The summed E-state index contributed by atoms with van der Waals surface area (Å²) in [6, 6.07) is 19.3. The van der Waals surface area contributed by atoms with Gasteiger partial charge in [-0.25, -0.2) is 5.43 Å². The quantitative estimate of drug-likeness (QED) is 0.161. The Kier molecular flexibility index (Phi) is 9.66. The Hall–Kier alpha value is -1.12. The van der Waals surface area contributed by atoms with Crippen molar-refractivity contribution in [3.63, 3.8) is 0 Å². The van der Waals surface area contributed by atoms with E-state index >= 15 is 0 Å². The molecule has 0 aliphatic heterocycles. The molecule has 0 bridgehead atoms. The van der Waals surface area contributed by atoms with E-state index in [0.29, 0.717) is 11.6 Å². The van der Waals surface area contributed by atoms with E-state index in [0.717, 1.165) is 33.3 Å². The zero-order chi connectivity index (χ0) is 22.2. The van der Waals surface area contributed by atoms with Crippen molar-refractivity contribution in [3.8, 4) is 5.75 Å². The van der Waals surface area contributed by atoms with Crippen LogP contribution in [0.5, 0.6) is 5.75 Å². The minimum Gasteiger partial charge on any atom is -0.487 e. The Morgan fingerprint density at radius 3 is 2.29 bits per heavy atom. The number of carbonyl (C=O) groups excluding carboxylic acids is 1. The number of ether oxygens (including phenoxy) is 1. The second-order valence-corrected chi connectivity index (χ2v) is 10.4. The van der Waals surface area contributed by atoms with Crippen molar-refractivity contribution in [1.82, 2.24) is 5.43 Å². The molecule has 3 aromatic rings. The van der Waals surface area contributed by atoms with Crippen LogP contribution in [0.4, 0.5) is 5.69 Å². The molecule has 9 heteroatoms. The number of amides is 1. The van der Waals surface area contributed by atoms with Crippen LogP contribution in [0.1, 0.15) is 11.1 Å². The number of nitrogens with one attached hydrogen (secondary N) is 2. The third kappa shape index (κ3) is 8.06. The van der Waals surface area contributed by atoms with Crippen molar-refractivity contribution < 1.29 is 9.53 Å². The van der Waals surface area contributed by atoms with E-state index in [9.17, 15) is 4.79 Å². The number of anilines is 1. The largest absolute Gasteiger partial charge is 0.487 e. The summed E-state index contributed by atoms with van der Waals surface area (Å²) in [5.74, 6) is 0.598. The average molecular weight is 772 g/mol. The molecule has 0 saturated carbocycles. The number of benzene rings is 3. The molecule has 5 nitrogen and oxygen atoms in total. The van der Waals surface area contributed by atoms with Gasteiger partial charge in [0.15, 0.2) is 0 Å². The van der Waals surface area contributed by atoms with E-state index in [4.69, 9.17) is 16.3 Å². The zero-order valence-corrected chi connectivity index (χ0v) is 23.3. The summed E-state index contributed by atoms with van der Waals surface area (Å²) in [6.45, 7) is 0.602. The fourth-order valence-electron chi connectivity index (χ4n) is 2.50. The second-order valence-electron chi connectivity index (χ2n) is 6.38. The number of hydrazone groups is 1. The third-order valence-electron chi connectivity index (χ3n) is 4.02. The predicted octanol–water partition coefficient (Wildman–Crippen LogP) is 6.30. The first-order valence-corrected chi connectivity index (χ1v) is 12.7. The van der Waals surface area contributed by atoms with Crippen LogP contribution >= 0.6 is 79.4 Å². The molecule has 0 heterocycles. The molecule has 1 amide bonds. The fraction of sp³-hybridized carbons (Fsp3) is 0.0909. The molecule has 0 aromatic heterocycles. The summed E-state index contributed by atoms with van der Waals surface area (Å²) in [5.41, 5.74) is 5.34. The SMILES string of the molecule is O=C(CNc1ccc(I)cc1)N/N=C/c1cc(I)c(OCc2ccc(Cl)cc2)c(I)c1. The first-order valence-electron chi connectivity index (χ1n) is 9.08. The highest BCUT2D eigenvalue weighted by atomic mass is 127. The lowest BCUT2D eigenvalue weighted by molar-refractivity contribution is -0.119. The maximum absolute atomic E-state index is 12.0. The van der Waals surface area contributed by atoms with Gasteiger partial charge in [0.05, 0.1) is 19.9 Å². The zero-order valence-electron chi connectivity index (χ0n) is 16.0. The molecule has 0 saturated heterocycles. The Labute approximate surface area is 226 Å². The third-order valence-corrected chi connectivity index (χ3v) is 6.59. The molecule has 0 aliphatic carbocycles. The highest BCUT2D eigenvalue weighted by molar-refractivity contribution is 14.1. The molecule has 0 fully saturated rings. The smallest absolute Gasteiger partial charge is 0.259 e. The molecule has 0 aliphatic rings. The van der Waals surface area contributed by atoms with Crippen molar-refractivity contribution in [2.75, 3.05) is 11.9 Å². The van der Waals surface area contributed by atoms with Gasteiger partial charge >= 0.3 is 0 Å². The first kappa shape index (κ1) is 24.5. The van der Waals surface area contributed by atoms with E-state index in [1.807, 2.05) is 60.7 Å². The minimum absolute atomic E-state index is 0.143. The molecule has 2 N–H and O–H groups in total. The highest BCUT2D eigenvalue weighted by Gasteiger charge is 2.09. The molecule has 31 heavy (non-hydrogen) atoms. The van der Waals surface area contributed by atoms with Crippen LogP contribution in [0.15, 0.2) is 65.8 Å². The Bertz CT molecular complexity index is 1050. The van der Waals surface area contributed by atoms with Gasteiger partial charge < -0.3 is 10.1 Å². The monoisotopic (exact) mass is 771 g/mol. The lowest BCUT2D eigenvalue weighted by atomic mass is 10.2. The van der Waals surface area contributed by atoms with Crippen LogP contribution in [-0.4, -0.2) is 18.7 Å². The summed E-state index contributed by atoms with van der Waals surface area (Å²) in [6.07, 6.45) is 1.62. The van der Waals surface area contributed by atoms with Gasteiger partial charge in [-0.1, -0.05) is 23.7 Å². The Morgan fingerprint density at radius 1 is 1.00 bits per heavy atom. The molecule has 0 radical (unpaired) electrons. The normalized spacial score (nSPS) is 10.8. The summed E-state index contributed by atoms with van der Waals surface area (Å²) < 4.78 is 9.06. The van der Waals surface area contributed by atoms with E-state index in [1.54, 1.807) is 6.21 Å². The van der Waals surface area contributed by atoms with Gasteiger partial charge in [0.2, 0.25) is 0 Å². The van der Waals surface area contributed by atoms with Gasteiger partial charge in [-0.3, -0.25) is 4.79 Å². The van der Waals surface area contributed by atoms with Crippen molar-refractivity contribution in [1.29, 1.82) is 0 Å². The maximum atomic E-state index is 12.0. The molecule has 3 aromatic carbocycles. The van der Waals surface area contributed by atoms with Gasteiger partial charge in [0.25, 0.3) is 5.91 Å². The first-order chi connectivity index (χ1) is 14.9. The Morgan fingerprint density at radius 2 is 1.65 bits per heavy atom. The van der Waals surface area contributed by atoms with Crippen molar-refractivity contribution in [2.24, 2.45) is 5.10 Å². The summed E-state index contributed by atoms with van der Waals surface area (Å²) >= 11 is 12.6. The standard InChI is InChI=1S/C22H17ClI3N3O2/c23-16-3-1-14(2-4-16)13-31-22-19(25)9-15(10-20(22)26)11-28-29-21(30)12-27-18-7-5-17(24)6-8-18/h1-11,27H,12-13H2,(H,29,30)/b28-11+. The van der Waals surface area contributed by atoms with E-state index in [2.05, 4.69) is 83.6 Å². The summed E-state index contributed by atoms with van der Waals surface area (Å²) in [7, 11) is 0. The second kappa shape index (κ2) is 12.2. The molecule has 0 unspecified atom stereocenters. The molecule has 160 valence electrons. The topological polar surface area (TPSA) is 62.7 Å². The molecule has 0 atom stereocenters. The fourth-order valence-corrected chi connectivity index (χ4v) is 5.11. The van der Waals surface area contributed by atoms with E-state index in [1.165, 1.54) is 0 Å². The summed E-state index contributed by atoms with van der Waals surface area (Å²) in [5, 5.41) is 7.82. The Balaban J connectivity index is 1.52. The highest BCUT2D eigenvalue weighted by Crippen LogP contribution is 2.29.